The molecule has 9 heterocycles. The molecule has 7 atom stereocenters. The van der Waals surface area contributed by atoms with Crippen LogP contribution in [0.25, 0.3) is 22.2 Å². The van der Waals surface area contributed by atoms with Crippen molar-refractivity contribution in [3.8, 4) is 11.3 Å². The molecule has 2 N–H and O–H groups in total. The molecular weight excluding hydrogens is 1010 g/mol. The SMILES string of the molecule is CCn1c(-c2cc(N3CCN4CCCC[C@@H]4C3)cnc2[C@H](C)OC)c2c3cc(ccc31)N1CCO[C@@H](C[C@H](NC(=O)[C@H](C3CCCC3)N3CC[C@]4(CCN(C(=O)OC(C)(C)C)C4)C3)C(=O)N3CCC[C@H](N3)C(=O)OCC(C)(C)C2)C1. The minimum atomic E-state index is -0.919. The number of hydrogen-bond acceptors (Lipinski definition) is 14. The van der Waals surface area contributed by atoms with Gasteiger partial charge in [0.15, 0.2) is 0 Å². The predicted molar refractivity (Wildman–Crippen MR) is 309 cm³/mol. The highest BCUT2D eigenvalue weighted by Gasteiger charge is 2.50. The van der Waals surface area contributed by atoms with Crippen LogP contribution in [0.1, 0.15) is 143 Å². The van der Waals surface area contributed by atoms with Crippen LogP contribution in [0.15, 0.2) is 30.5 Å². The Hall–Kier alpha value is -5.01. The van der Waals surface area contributed by atoms with Gasteiger partial charge in [-0.1, -0.05) is 33.1 Å². The normalized spacial score (nSPS) is 28.2. The first-order valence-corrected chi connectivity index (χ1v) is 30.7. The summed E-state index contributed by atoms with van der Waals surface area (Å²) < 4.78 is 27.2. The summed E-state index contributed by atoms with van der Waals surface area (Å²) in [6.45, 7) is 24.1. The summed E-state index contributed by atoms with van der Waals surface area (Å²) in [4.78, 5) is 75.0. The Labute approximate surface area is 474 Å². The van der Waals surface area contributed by atoms with Crippen LogP contribution in [0.5, 0.6) is 0 Å². The molecule has 7 fully saturated rings. The molecule has 1 aliphatic carbocycles. The second-order valence-corrected chi connectivity index (χ2v) is 26.8. The van der Waals surface area contributed by atoms with E-state index in [1.54, 1.807) is 12.1 Å². The number of likely N-dealkylation sites (tertiary alicyclic amines) is 2. The number of amides is 3. The van der Waals surface area contributed by atoms with Crippen LogP contribution in [0, 0.1) is 16.7 Å². The Bertz CT molecular complexity index is 2750. The van der Waals surface area contributed by atoms with E-state index < -0.39 is 35.1 Å². The number of piperidine rings is 1. The number of nitrogens with zero attached hydrogens (tertiary/aromatic N) is 8. The Morgan fingerprint density at radius 2 is 1.69 bits per heavy atom. The van der Waals surface area contributed by atoms with Crippen molar-refractivity contribution in [2.75, 3.05) is 102 Å². The zero-order chi connectivity index (χ0) is 56.1. The highest BCUT2D eigenvalue weighted by molar-refractivity contribution is 5.95. The van der Waals surface area contributed by atoms with Crippen molar-refractivity contribution in [3.63, 3.8) is 0 Å². The summed E-state index contributed by atoms with van der Waals surface area (Å²) in [6, 6.07) is 7.66. The highest BCUT2D eigenvalue weighted by Crippen LogP contribution is 2.45. The number of cyclic esters (lactones) is 1. The van der Waals surface area contributed by atoms with Gasteiger partial charge in [0.25, 0.3) is 5.91 Å². The molecule has 11 rings (SSSR count). The van der Waals surface area contributed by atoms with Crippen molar-refractivity contribution in [1.82, 2.24) is 40.0 Å². The molecule has 18 heteroatoms. The van der Waals surface area contributed by atoms with Crippen LogP contribution in [-0.2, 0) is 46.3 Å². The molecule has 6 saturated heterocycles. The molecule has 80 heavy (non-hydrogen) atoms. The molecule has 1 spiro atoms. The van der Waals surface area contributed by atoms with Gasteiger partial charge in [0.2, 0.25) is 5.91 Å². The number of anilines is 2. The quantitative estimate of drug-likeness (QED) is 0.200. The van der Waals surface area contributed by atoms with Gasteiger partial charge in [0.1, 0.15) is 17.7 Å². The van der Waals surface area contributed by atoms with E-state index in [-0.39, 0.29) is 54.5 Å². The average molecular weight is 1110 g/mol. The highest BCUT2D eigenvalue weighted by atomic mass is 16.6. The first-order valence-electron chi connectivity index (χ1n) is 30.7. The maximum Gasteiger partial charge on any atom is 0.410 e. The zero-order valence-corrected chi connectivity index (χ0v) is 49.4. The maximum atomic E-state index is 15.3. The summed E-state index contributed by atoms with van der Waals surface area (Å²) in [5.74, 6) is -0.656. The summed E-state index contributed by atoms with van der Waals surface area (Å²) in [5.41, 5.74) is 9.66. The Kier molecular flexibility index (Phi) is 16.6. The van der Waals surface area contributed by atoms with Gasteiger partial charge in [-0.3, -0.25) is 34.2 Å². The Morgan fingerprint density at radius 3 is 2.48 bits per heavy atom. The van der Waals surface area contributed by atoms with Crippen molar-refractivity contribution in [2.45, 2.75) is 180 Å². The molecule has 18 nitrogen and oxygen atoms in total. The number of benzene rings is 1. The maximum absolute atomic E-state index is 15.3. The molecule has 6 bridgehead atoms. The van der Waals surface area contributed by atoms with Crippen molar-refractivity contribution in [3.05, 3.63) is 41.7 Å². The number of carbonyl (C=O) groups is 4. The first-order chi connectivity index (χ1) is 38.4. The zero-order valence-electron chi connectivity index (χ0n) is 49.4. The summed E-state index contributed by atoms with van der Waals surface area (Å²) >= 11 is 0. The number of hydrogen-bond donors (Lipinski definition) is 2. The fourth-order valence-corrected chi connectivity index (χ4v) is 15.0. The molecule has 7 aliphatic heterocycles. The standard InChI is InChI=1S/C62H92N10O8/c1-9-71-52-20-19-43-31-47(52)49(55(71)48-32-45(35-63-53(48)41(2)77-8)67-28-27-66-23-13-12-17-44(66)36-67)34-61(6,7)40-79-58(75)50-18-14-24-72(65-50)57(74)51(33-46-37-68(43)29-30-78-46)64-56(73)54(42-15-10-11-16-42)69-25-21-62(38-69)22-26-70(39-62)59(76)80-60(3,4)5/h19-20,31-32,35,41-42,44,46,50-51,54,65H,9-18,21-30,33-34,36-40H2,1-8H3,(H,64,73)/t41-,44+,46-,50-,51-,54-,62-/m0/s1. The third-order valence-corrected chi connectivity index (χ3v) is 19.2. The first kappa shape index (κ1) is 56.8. The fourth-order valence-electron chi connectivity index (χ4n) is 15.0. The van der Waals surface area contributed by atoms with Gasteiger partial charge in [-0.2, -0.15) is 0 Å². The van der Waals surface area contributed by atoms with Crippen molar-refractivity contribution in [1.29, 1.82) is 0 Å². The lowest BCUT2D eigenvalue weighted by Gasteiger charge is -2.45. The van der Waals surface area contributed by atoms with Crippen LogP contribution in [0.3, 0.4) is 0 Å². The van der Waals surface area contributed by atoms with Crippen molar-refractivity contribution < 1.29 is 38.1 Å². The van der Waals surface area contributed by atoms with Gasteiger partial charge < -0.3 is 43.5 Å². The smallest absolute Gasteiger partial charge is 0.410 e. The molecule has 1 saturated carbocycles. The number of morpholine rings is 1. The van der Waals surface area contributed by atoms with Gasteiger partial charge in [-0.05, 0) is 141 Å². The number of piperazine rings is 1. The Morgan fingerprint density at radius 1 is 0.900 bits per heavy atom. The molecule has 0 unspecified atom stereocenters. The van der Waals surface area contributed by atoms with E-state index in [0.29, 0.717) is 71.2 Å². The number of rotatable bonds is 9. The number of ether oxygens (including phenoxy) is 4. The molecule has 2 aromatic heterocycles. The lowest BCUT2D eigenvalue weighted by molar-refractivity contribution is -0.156. The lowest BCUT2D eigenvalue weighted by atomic mass is 9.84. The van der Waals surface area contributed by atoms with Gasteiger partial charge in [-0.15, -0.1) is 0 Å². The third kappa shape index (κ3) is 11.9. The second-order valence-electron chi connectivity index (χ2n) is 26.8. The number of aromatic nitrogens is 2. The number of esters is 1. The summed E-state index contributed by atoms with van der Waals surface area (Å²) in [7, 11) is 1.75. The van der Waals surface area contributed by atoms with Gasteiger partial charge in [-0.25, -0.2) is 10.2 Å². The van der Waals surface area contributed by atoms with Gasteiger partial charge in [0.05, 0.1) is 54.7 Å². The van der Waals surface area contributed by atoms with E-state index in [0.717, 1.165) is 110 Å². The van der Waals surface area contributed by atoms with E-state index in [4.69, 9.17) is 23.9 Å². The third-order valence-electron chi connectivity index (χ3n) is 19.2. The number of carbonyl (C=O) groups excluding carboxylic acids is 4. The van der Waals surface area contributed by atoms with E-state index >= 15 is 9.59 Å². The minimum absolute atomic E-state index is 0.123. The number of nitrogens with one attached hydrogen (secondary N) is 2. The molecule has 8 aliphatic rings. The van der Waals surface area contributed by atoms with Crippen LogP contribution in [-0.4, -0.2) is 181 Å². The van der Waals surface area contributed by atoms with E-state index in [1.807, 2.05) is 25.7 Å². The topological polar surface area (TPSA) is 167 Å². The average Bonchev–Trinajstić information content (AvgIpc) is 4.12. The molecule has 3 aromatic rings. The molecule has 438 valence electrons. The number of pyridine rings is 1. The van der Waals surface area contributed by atoms with Gasteiger partial charge >= 0.3 is 12.1 Å². The molecule has 3 amide bonds. The van der Waals surface area contributed by atoms with E-state index in [1.165, 1.54) is 31.4 Å². The van der Waals surface area contributed by atoms with Crippen LogP contribution < -0.4 is 20.5 Å². The number of hydrazine groups is 1. The van der Waals surface area contributed by atoms with Crippen molar-refractivity contribution >= 4 is 46.2 Å². The van der Waals surface area contributed by atoms with E-state index in [9.17, 15) is 9.59 Å². The predicted octanol–water partition coefficient (Wildman–Crippen LogP) is 7.70. The Balaban J connectivity index is 0.920. The monoisotopic (exact) mass is 1100 g/mol. The van der Waals surface area contributed by atoms with Crippen LogP contribution >= 0.6 is 0 Å². The summed E-state index contributed by atoms with van der Waals surface area (Å²) in [6.07, 6.45) is 12.7. The lowest BCUT2D eigenvalue weighted by Crippen LogP contribution is -2.62. The number of aryl methyl sites for hydroxylation is 1. The number of methoxy groups -OCH3 is 1. The van der Waals surface area contributed by atoms with Gasteiger partial charge in [0, 0.05) is 118 Å². The van der Waals surface area contributed by atoms with E-state index in [2.05, 4.69) is 93.1 Å². The summed E-state index contributed by atoms with van der Waals surface area (Å²) in [5, 5.41) is 6.07. The largest absolute Gasteiger partial charge is 0.464 e. The number of fused-ring (bicyclic) bond motifs is 7. The molecule has 1 aromatic carbocycles. The minimum Gasteiger partial charge on any atom is -0.464 e. The van der Waals surface area contributed by atoms with Crippen LogP contribution in [0.4, 0.5) is 16.2 Å². The molecule has 0 radical (unpaired) electrons. The van der Waals surface area contributed by atoms with Crippen molar-refractivity contribution in [2.24, 2.45) is 16.7 Å². The second kappa shape index (κ2) is 23.3. The molecular formula is C62H92N10O8. The van der Waals surface area contributed by atoms with Crippen LogP contribution in [0.2, 0.25) is 0 Å². The fraction of sp³-hybridized carbons (Fsp3) is 0.726.